The van der Waals surface area contributed by atoms with E-state index < -0.39 is 0 Å². The Balaban J connectivity index is 0.00000300. The van der Waals surface area contributed by atoms with Crippen molar-refractivity contribution < 1.29 is 9.47 Å². The van der Waals surface area contributed by atoms with Crippen molar-refractivity contribution in [1.29, 1.82) is 0 Å². The van der Waals surface area contributed by atoms with Crippen LogP contribution in [-0.2, 0) is 9.47 Å². The molecule has 29 heavy (non-hydrogen) atoms. The zero-order valence-electron chi connectivity index (χ0n) is 18.5. The van der Waals surface area contributed by atoms with Gasteiger partial charge in [0.1, 0.15) is 0 Å². The fourth-order valence-electron chi connectivity index (χ4n) is 4.76. The molecule has 0 unspecified atom stereocenters. The Morgan fingerprint density at radius 3 is 2.48 bits per heavy atom. The number of guanidine groups is 1. The van der Waals surface area contributed by atoms with E-state index in [1.807, 2.05) is 7.05 Å². The van der Waals surface area contributed by atoms with Gasteiger partial charge in [-0.05, 0) is 25.7 Å². The predicted octanol–water partition coefficient (Wildman–Crippen LogP) is 1.92. The third-order valence-electron chi connectivity index (χ3n) is 6.61. The van der Waals surface area contributed by atoms with Crippen molar-refractivity contribution in [3.63, 3.8) is 0 Å². The molecule has 2 aliphatic carbocycles. The summed E-state index contributed by atoms with van der Waals surface area (Å²) in [6.45, 7) is 8.63. The Bertz CT molecular complexity index is 478. The molecule has 8 heteroatoms. The number of halogens is 1. The molecule has 1 aliphatic heterocycles. The highest BCUT2D eigenvalue weighted by Gasteiger charge is 2.38. The standard InChI is InChI=1S/C21H41N5O2.HI/c1-22-20(23-10-11-25(12-15-27-2)19-6-7-19)24-18-21(8-4-3-5-9-21)26-13-16-28-17-14-26;/h19H,3-18H2,1-2H3,(H2,22,23,24);1H. The number of nitrogens with zero attached hydrogens (tertiary/aromatic N) is 3. The summed E-state index contributed by atoms with van der Waals surface area (Å²) in [4.78, 5) is 9.69. The van der Waals surface area contributed by atoms with Gasteiger partial charge in [0.05, 0.1) is 19.8 Å². The maximum absolute atomic E-state index is 5.60. The highest BCUT2D eigenvalue weighted by molar-refractivity contribution is 14.0. The minimum absolute atomic E-state index is 0. The van der Waals surface area contributed by atoms with E-state index in [1.54, 1.807) is 7.11 Å². The van der Waals surface area contributed by atoms with E-state index in [4.69, 9.17) is 9.47 Å². The number of methoxy groups -OCH3 is 1. The molecule has 0 aromatic carbocycles. The van der Waals surface area contributed by atoms with Crippen LogP contribution in [0.5, 0.6) is 0 Å². The van der Waals surface area contributed by atoms with E-state index in [-0.39, 0.29) is 29.5 Å². The molecule has 0 atom stereocenters. The number of morpholine rings is 1. The summed E-state index contributed by atoms with van der Waals surface area (Å²) in [7, 11) is 3.66. The van der Waals surface area contributed by atoms with Crippen LogP contribution in [0.15, 0.2) is 4.99 Å². The highest BCUT2D eigenvalue weighted by Crippen LogP contribution is 2.33. The lowest BCUT2D eigenvalue weighted by Gasteiger charge is -2.48. The van der Waals surface area contributed by atoms with E-state index in [0.29, 0.717) is 0 Å². The van der Waals surface area contributed by atoms with E-state index in [2.05, 4.69) is 25.4 Å². The molecular weight excluding hydrogens is 481 g/mol. The van der Waals surface area contributed by atoms with Crippen LogP contribution in [0.2, 0.25) is 0 Å². The van der Waals surface area contributed by atoms with E-state index in [0.717, 1.165) is 71.1 Å². The first kappa shape index (κ1) is 25.1. The lowest BCUT2D eigenvalue weighted by Crippen LogP contribution is -2.60. The second-order valence-corrected chi connectivity index (χ2v) is 8.50. The molecule has 1 saturated heterocycles. The molecule has 2 N–H and O–H groups in total. The van der Waals surface area contributed by atoms with Crippen molar-refractivity contribution in [2.75, 3.05) is 73.2 Å². The first-order chi connectivity index (χ1) is 13.8. The summed E-state index contributed by atoms with van der Waals surface area (Å²) >= 11 is 0. The summed E-state index contributed by atoms with van der Waals surface area (Å²) in [5.74, 6) is 0.931. The smallest absolute Gasteiger partial charge is 0.191 e. The molecule has 0 spiro atoms. The fraction of sp³-hybridized carbons (Fsp3) is 0.952. The molecule has 3 rings (SSSR count). The molecular formula is C21H42IN5O2. The van der Waals surface area contributed by atoms with E-state index >= 15 is 0 Å². The fourth-order valence-corrected chi connectivity index (χ4v) is 4.76. The van der Waals surface area contributed by atoms with Gasteiger partial charge in [-0.2, -0.15) is 0 Å². The summed E-state index contributed by atoms with van der Waals surface area (Å²) in [5, 5.41) is 7.18. The molecule has 170 valence electrons. The Morgan fingerprint density at radius 1 is 1.14 bits per heavy atom. The molecule has 7 nitrogen and oxygen atoms in total. The molecule has 0 aromatic rings. The van der Waals surface area contributed by atoms with Gasteiger partial charge >= 0.3 is 0 Å². The average molecular weight is 524 g/mol. The minimum atomic E-state index is 0. The lowest BCUT2D eigenvalue weighted by atomic mass is 9.80. The Morgan fingerprint density at radius 2 is 1.86 bits per heavy atom. The summed E-state index contributed by atoms with van der Waals surface area (Å²) in [6, 6.07) is 0.763. The Kier molecular flexibility index (Phi) is 11.5. The van der Waals surface area contributed by atoms with Gasteiger partial charge in [-0.15, -0.1) is 24.0 Å². The molecule has 1 heterocycles. The predicted molar refractivity (Wildman–Crippen MR) is 129 cm³/mol. The van der Waals surface area contributed by atoms with Gasteiger partial charge in [-0.3, -0.25) is 14.8 Å². The van der Waals surface area contributed by atoms with Crippen molar-refractivity contribution in [2.24, 2.45) is 4.99 Å². The van der Waals surface area contributed by atoms with Crippen LogP contribution in [0.1, 0.15) is 44.9 Å². The van der Waals surface area contributed by atoms with Crippen LogP contribution >= 0.6 is 24.0 Å². The number of rotatable bonds is 10. The molecule has 3 aliphatic rings. The van der Waals surface area contributed by atoms with Gasteiger partial charge in [0.15, 0.2) is 5.96 Å². The van der Waals surface area contributed by atoms with Gasteiger partial charge in [0.2, 0.25) is 0 Å². The quantitative estimate of drug-likeness (QED) is 0.259. The van der Waals surface area contributed by atoms with Crippen molar-refractivity contribution in [3.8, 4) is 0 Å². The third-order valence-corrected chi connectivity index (χ3v) is 6.61. The Labute approximate surface area is 194 Å². The van der Waals surface area contributed by atoms with Gasteiger partial charge in [-0.25, -0.2) is 0 Å². The monoisotopic (exact) mass is 523 g/mol. The van der Waals surface area contributed by atoms with Gasteiger partial charge < -0.3 is 20.1 Å². The minimum Gasteiger partial charge on any atom is -0.383 e. The number of hydrogen-bond acceptors (Lipinski definition) is 5. The van der Waals surface area contributed by atoms with Crippen LogP contribution < -0.4 is 10.6 Å². The van der Waals surface area contributed by atoms with Gasteiger partial charge in [-0.1, -0.05) is 19.3 Å². The summed E-state index contributed by atoms with van der Waals surface area (Å²) < 4.78 is 10.9. The number of nitrogens with one attached hydrogen (secondary N) is 2. The first-order valence-electron chi connectivity index (χ1n) is 11.3. The van der Waals surface area contributed by atoms with E-state index in [9.17, 15) is 0 Å². The highest BCUT2D eigenvalue weighted by atomic mass is 127. The molecule has 0 amide bonds. The molecule has 2 saturated carbocycles. The van der Waals surface area contributed by atoms with Crippen LogP contribution in [0.4, 0.5) is 0 Å². The zero-order valence-corrected chi connectivity index (χ0v) is 20.8. The Hall–Kier alpha value is -0.160. The zero-order chi connectivity index (χ0) is 19.7. The van der Waals surface area contributed by atoms with Gasteiger partial charge in [0.25, 0.3) is 0 Å². The maximum atomic E-state index is 5.60. The largest absolute Gasteiger partial charge is 0.383 e. The van der Waals surface area contributed by atoms with Crippen LogP contribution in [0, 0.1) is 0 Å². The summed E-state index contributed by atoms with van der Waals surface area (Å²) in [6.07, 6.45) is 9.27. The molecule has 3 fully saturated rings. The van der Waals surface area contributed by atoms with Crippen LogP contribution in [0.25, 0.3) is 0 Å². The van der Waals surface area contributed by atoms with Crippen molar-refractivity contribution in [1.82, 2.24) is 20.4 Å². The average Bonchev–Trinajstić information content (AvgIpc) is 3.59. The topological polar surface area (TPSA) is 61.4 Å². The van der Waals surface area contributed by atoms with E-state index in [1.165, 1.54) is 44.9 Å². The SMILES string of the molecule is CN=C(NCCN(CCOC)C1CC1)NCC1(N2CCOCC2)CCCCC1.I. The van der Waals surface area contributed by atoms with Crippen molar-refractivity contribution in [3.05, 3.63) is 0 Å². The number of hydrogen-bond donors (Lipinski definition) is 2. The van der Waals surface area contributed by atoms with Gasteiger partial charge in [0, 0.05) is 65.0 Å². The molecule has 0 bridgehead atoms. The maximum Gasteiger partial charge on any atom is 0.191 e. The lowest BCUT2D eigenvalue weighted by molar-refractivity contribution is -0.0352. The molecule has 0 aromatic heterocycles. The molecule has 0 radical (unpaired) electrons. The van der Waals surface area contributed by atoms with Crippen molar-refractivity contribution >= 4 is 29.9 Å². The number of aliphatic imine (C=N–C) groups is 1. The summed E-state index contributed by atoms with van der Waals surface area (Å²) in [5.41, 5.74) is 0.262. The number of ether oxygens (including phenoxy) is 2. The second-order valence-electron chi connectivity index (χ2n) is 8.50. The van der Waals surface area contributed by atoms with Crippen LogP contribution in [-0.4, -0.2) is 101 Å². The van der Waals surface area contributed by atoms with Crippen molar-refractivity contribution in [2.45, 2.75) is 56.5 Å². The second kappa shape index (κ2) is 13.3. The first-order valence-corrected chi connectivity index (χ1v) is 11.3. The van der Waals surface area contributed by atoms with Crippen LogP contribution in [0.3, 0.4) is 0 Å². The normalized spacial score (nSPS) is 22.9. The third kappa shape index (κ3) is 7.79.